The maximum atomic E-state index is 12.4. The molecule has 1 aromatic carbocycles. The lowest BCUT2D eigenvalue weighted by atomic mass is 10.1. The van der Waals surface area contributed by atoms with Crippen LogP contribution in [0.4, 0.5) is 0 Å². The molecular formula is C15H13NO2S. The van der Waals surface area contributed by atoms with E-state index in [1.54, 1.807) is 18.2 Å². The Balaban J connectivity index is 1.78. The number of carbonyl (C=O) groups is 1. The number of hydrogen-bond donors (Lipinski definition) is 1. The highest BCUT2D eigenvalue weighted by molar-refractivity contribution is 8.05. The Morgan fingerprint density at radius 3 is 2.68 bits per heavy atom. The fourth-order valence-electron chi connectivity index (χ4n) is 2.01. The van der Waals surface area contributed by atoms with Gasteiger partial charge in [-0.1, -0.05) is 36.0 Å². The second-order valence-electron chi connectivity index (χ2n) is 4.36. The van der Waals surface area contributed by atoms with Crippen molar-refractivity contribution in [1.82, 2.24) is 5.32 Å². The van der Waals surface area contributed by atoms with E-state index in [-0.39, 0.29) is 5.97 Å². The summed E-state index contributed by atoms with van der Waals surface area (Å²) in [5.74, 6) is 0.264. The van der Waals surface area contributed by atoms with Crippen LogP contribution >= 0.6 is 11.8 Å². The van der Waals surface area contributed by atoms with Crippen molar-refractivity contribution < 1.29 is 9.53 Å². The zero-order valence-electron chi connectivity index (χ0n) is 10.3. The van der Waals surface area contributed by atoms with E-state index >= 15 is 0 Å². The molecule has 1 aliphatic carbocycles. The third kappa shape index (κ3) is 2.08. The molecule has 0 saturated heterocycles. The number of rotatable bonds is 4. The van der Waals surface area contributed by atoms with Crippen LogP contribution in [0, 0.1) is 0 Å². The van der Waals surface area contributed by atoms with Gasteiger partial charge in [0.1, 0.15) is 5.75 Å². The summed E-state index contributed by atoms with van der Waals surface area (Å²) in [7, 11) is 0. The SMILES string of the molecule is C=CCC1(C(=O)Oc2ccccc2)NC2=C(C=C2)S1. The molecule has 0 bridgehead atoms. The summed E-state index contributed by atoms with van der Waals surface area (Å²) in [4.78, 5) is 12.8. The first-order chi connectivity index (χ1) is 9.23. The predicted octanol–water partition coefficient (Wildman–Crippen LogP) is 2.98. The van der Waals surface area contributed by atoms with Gasteiger partial charge in [0.25, 0.3) is 0 Å². The Hall–Kier alpha value is -1.94. The molecule has 0 aromatic heterocycles. The van der Waals surface area contributed by atoms with Crippen molar-refractivity contribution in [1.29, 1.82) is 0 Å². The van der Waals surface area contributed by atoms with E-state index in [0.29, 0.717) is 12.2 Å². The lowest BCUT2D eigenvalue weighted by Gasteiger charge is -2.25. The summed E-state index contributed by atoms with van der Waals surface area (Å²) in [5.41, 5.74) is 1.01. The quantitative estimate of drug-likeness (QED) is 0.519. The molecule has 1 atom stereocenters. The van der Waals surface area contributed by atoms with Crippen LogP contribution in [0.25, 0.3) is 0 Å². The van der Waals surface area contributed by atoms with Gasteiger partial charge in [0.2, 0.25) is 0 Å². The van der Waals surface area contributed by atoms with Gasteiger partial charge in [-0.2, -0.15) is 0 Å². The molecule has 0 saturated carbocycles. The summed E-state index contributed by atoms with van der Waals surface area (Å²) in [6.45, 7) is 3.73. The first kappa shape index (κ1) is 12.1. The molecule has 3 nitrogen and oxygen atoms in total. The van der Waals surface area contributed by atoms with Gasteiger partial charge in [0, 0.05) is 17.0 Å². The smallest absolute Gasteiger partial charge is 0.348 e. The second kappa shape index (κ2) is 4.63. The summed E-state index contributed by atoms with van der Waals surface area (Å²) in [6, 6.07) is 9.10. The summed E-state index contributed by atoms with van der Waals surface area (Å²) in [5, 5.41) is 3.23. The van der Waals surface area contributed by atoms with Crippen molar-refractivity contribution in [2.24, 2.45) is 0 Å². The van der Waals surface area contributed by atoms with Crippen molar-refractivity contribution in [3.63, 3.8) is 0 Å². The highest BCUT2D eigenvalue weighted by Gasteiger charge is 2.47. The highest BCUT2D eigenvalue weighted by atomic mass is 32.2. The number of nitrogens with one attached hydrogen (secondary N) is 1. The number of carbonyl (C=O) groups excluding carboxylic acids is 1. The second-order valence-corrected chi connectivity index (χ2v) is 5.70. The molecule has 2 aliphatic rings. The molecule has 1 heterocycles. The maximum Gasteiger partial charge on any atom is 0.348 e. The minimum absolute atomic E-state index is 0.292. The molecule has 1 aliphatic heterocycles. The van der Waals surface area contributed by atoms with Crippen molar-refractivity contribution in [2.45, 2.75) is 11.3 Å². The molecule has 1 unspecified atom stereocenters. The Labute approximate surface area is 116 Å². The molecule has 0 fully saturated rings. The molecular weight excluding hydrogens is 258 g/mol. The molecule has 19 heavy (non-hydrogen) atoms. The number of esters is 1. The summed E-state index contributed by atoms with van der Waals surface area (Å²) in [6.07, 6.45) is 6.20. The highest BCUT2D eigenvalue weighted by Crippen LogP contribution is 2.46. The standard InChI is InChI=1S/C15H13NO2S/c1-2-10-15(16-12-8-9-13(12)19-15)14(17)18-11-6-4-3-5-7-11/h2-9,16H,1,10H2. The Morgan fingerprint density at radius 1 is 1.37 bits per heavy atom. The van der Waals surface area contributed by atoms with Crippen molar-refractivity contribution in [3.05, 3.63) is 65.7 Å². The first-order valence-corrected chi connectivity index (χ1v) is 6.83. The normalized spacial score (nSPS) is 23.4. The fraction of sp³-hybridized carbons (Fsp3) is 0.133. The van der Waals surface area contributed by atoms with Gasteiger partial charge < -0.3 is 10.1 Å². The number of benzene rings is 1. The molecule has 1 aromatic rings. The van der Waals surface area contributed by atoms with E-state index in [4.69, 9.17) is 4.74 Å². The zero-order valence-corrected chi connectivity index (χ0v) is 11.1. The third-order valence-corrected chi connectivity index (χ3v) is 4.36. The topological polar surface area (TPSA) is 38.3 Å². The maximum absolute atomic E-state index is 12.4. The number of allylic oxidation sites excluding steroid dienone is 2. The lowest BCUT2D eigenvalue weighted by Crippen LogP contribution is -2.47. The molecule has 4 heteroatoms. The van der Waals surface area contributed by atoms with Gasteiger partial charge in [-0.15, -0.1) is 6.58 Å². The average Bonchev–Trinajstić information content (AvgIpc) is 2.66. The number of ether oxygens (including phenoxy) is 1. The van der Waals surface area contributed by atoms with Gasteiger partial charge >= 0.3 is 5.97 Å². The van der Waals surface area contributed by atoms with Gasteiger partial charge in [-0.25, -0.2) is 4.79 Å². The average molecular weight is 271 g/mol. The molecule has 96 valence electrons. The number of hydrogen-bond acceptors (Lipinski definition) is 4. The van der Waals surface area contributed by atoms with Gasteiger partial charge in [0.15, 0.2) is 4.87 Å². The fourth-order valence-corrected chi connectivity index (χ4v) is 3.24. The largest absolute Gasteiger partial charge is 0.424 e. The van der Waals surface area contributed by atoms with Crippen LogP contribution in [0.3, 0.4) is 0 Å². The lowest BCUT2D eigenvalue weighted by molar-refractivity contribution is -0.137. The number of thioether (sulfide) groups is 1. The van der Waals surface area contributed by atoms with Crippen LogP contribution < -0.4 is 10.1 Å². The predicted molar refractivity (Wildman–Crippen MR) is 76.5 cm³/mol. The van der Waals surface area contributed by atoms with Crippen LogP contribution in [0.15, 0.2) is 65.7 Å². The van der Waals surface area contributed by atoms with Crippen LogP contribution in [0.2, 0.25) is 0 Å². The Bertz CT molecular complexity index is 571. The van der Waals surface area contributed by atoms with Crippen molar-refractivity contribution in [2.75, 3.05) is 0 Å². The Kier molecular flexibility index (Phi) is 2.95. The van der Waals surface area contributed by atoms with Crippen LogP contribution in [-0.4, -0.2) is 10.8 Å². The summed E-state index contributed by atoms with van der Waals surface area (Å²) >= 11 is 1.50. The van der Waals surface area contributed by atoms with Crippen LogP contribution in [0.5, 0.6) is 5.75 Å². The van der Waals surface area contributed by atoms with Crippen molar-refractivity contribution >= 4 is 17.7 Å². The molecule has 0 spiro atoms. The molecule has 1 N–H and O–H groups in total. The minimum Gasteiger partial charge on any atom is -0.424 e. The van der Waals surface area contributed by atoms with Crippen molar-refractivity contribution in [3.8, 4) is 5.75 Å². The first-order valence-electron chi connectivity index (χ1n) is 6.01. The monoisotopic (exact) mass is 271 g/mol. The van der Waals surface area contributed by atoms with E-state index in [2.05, 4.69) is 11.9 Å². The van der Waals surface area contributed by atoms with E-state index < -0.39 is 4.87 Å². The van der Waals surface area contributed by atoms with Gasteiger partial charge in [-0.3, -0.25) is 0 Å². The third-order valence-electron chi connectivity index (χ3n) is 3.00. The van der Waals surface area contributed by atoms with E-state index in [9.17, 15) is 4.79 Å². The molecule has 0 radical (unpaired) electrons. The molecule has 0 amide bonds. The van der Waals surface area contributed by atoms with E-state index in [0.717, 1.165) is 10.6 Å². The Morgan fingerprint density at radius 2 is 2.16 bits per heavy atom. The van der Waals surface area contributed by atoms with Crippen LogP contribution in [-0.2, 0) is 4.79 Å². The molecule has 3 rings (SSSR count). The summed E-state index contributed by atoms with van der Waals surface area (Å²) < 4.78 is 5.45. The van der Waals surface area contributed by atoms with Gasteiger partial charge in [0.05, 0.1) is 0 Å². The van der Waals surface area contributed by atoms with E-state index in [1.807, 2.05) is 30.4 Å². The van der Waals surface area contributed by atoms with Gasteiger partial charge in [-0.05, 0) is 24.3 Å². The van der Waals surface area contributed by atoms with Crippen LogP contribution in [0.1, 0.15) is 6.42 Å². The van der Waals surface area contributed by atoms with E-state index in [1.165, 1.54) is 11.8 Å². The zero-order chi connectivity index (χ0) is 13.3. The number of para-hydroxylation sites is 1. The minimum atomic E-state index is -0.786.